The van der Waals surface area contributed by atoms with Crippen LogP contribution in [0.25, 0.3) is 0 Å². The van der Waals surface area contributed by atoms with Gasteiger partial charge in [0.25, 0.3) is 0 Å². The van der Waals surface area contributed by atoms with Crippen molar-refractivity contribution in [2.24, 2.45) is 7.05 Å². The van der Waals surface area contributed by atoms with Crippen LogP contribution < -0.4 is 14.8 Å². The first-order valence-corrected chi connectivity index (χ1v) is 6.64. The second-order valence-corrected chi connectivity index (χ2v) is 4.51. The molecule has 0 radical (unpaired) electrons. The Bertz CT molecular complexity index is 566. The molecule has 0 saturated heterocycles. The van der Waals surface area contributed by atoms with Gasteiger partial charge in [0, 0.05) is 18.8 Å². The van der Waals surface area contributed by atoms with Gasteiger partial charge in [-0.3, -0.25) is 4.68 Å². The number of rotatable bonds is 6. The van der Waals surface area contributed by atoms with E-state index in [1.54, 1.807) is 18.9 Å². The third kappa shape index (κ3) is 2.93. The summed E-state index contributed by atoms with van der Waals surface area (Å²) in [6.07, 6.45) is 1.94. The molecule has 1 N–H and O–H groups in total. The van der Waals surface area contributed by atoms with E-state index in [1.807, 2.05) is 37.5 Å². The molecule has 1 aromatic carbocycles. The summed E-state index contributed by atoms with van der Waals surface area (Å²) in [5.41, 5.74) is 1.98. The molecule has 0 fully saturated rings. The van der Waals surface area contributed by atoms with E-state index in [9.17, 15) is 0 Å². The first-order valence-electron chi connectivity index (χ1n) is 6.64. The predicted molar refractivity (Wildman–Crippen MR) is 78.3 cm³/mol. The van der Waals surface area contributed by atoms with Crippen LogP contribution in [0.15, 0.2) is 30.5 Å². The zero-order chi connectivity index (χ0) is 14.5. The minimum Gasteiger partial charge on any atom is -0.497 e. The molecule has 0 amide bonds. The van der Waals surface area contributed by atoms with Crippen LogP contribution in [-0.4, -0.2) is 30.5 Å². The van der Waals surface area contributed by atoms with Crippen molar-refractivity contribution in [2.45, 2.75) is 13.0 Å². The van der Waals surface area contributed by atoms with Crippen molar-refractivity contribution in [1.82, 2.24) is 15.1 Å². The summed E-state index contributed by atoms with van der Waals surface area (Å²) in [7, 11) is 5.25. The van der Waals surface area contributed by atoms with Gasteiger partial charge in [0.1, 0.15) is 11.5 Å². The lowest BCUT2D eigenvalue weighted by atomic mass is 10.0. The van der Waals surface area contributed by atoms with Gasteiger partial charge in [-0.15, -0.1) is 0 Å². The van der Waals surface area contributed by atoms with Gasteiger partial charge in [-0.05, 0) is 30.8 Å². The highest BCUT2D eigenvalue weighted by Crippen LogP contribution is 2.32. The third-order valence-corrected chi connectivity index (χ3v) is 3.19. The van der Waals surface area contributed by atoms with Crippen molar-refractivity contribution >= 4 is 0 Å². The monoisotopic (exact) mass is 275 g/mol. The maximum atomic E-state index is 5.47. The fraction of sp³-hybridized carbons (Fsp3) is 0.400. The smallest absolute Gasteiger partial charge is 0.124 e. The molecule has 0 aliphatic carbocycles. The van der Waals surface area contributed by atoms with Crippen LogP contribution >= 0.6 is 0 Å². The molecular weight excluding hydrogens is 254 g/mol. The average molecular weight is 275 g/mol. The van der Waals surface area contributed by atoms with Gasteiger partial charge < -0.3 is 14.8 Å². The fourth-order valence-corrected chi connectivity index (χ4v) is 2.23. The van der Waals surface area contributed by atoms with E-state index < -0.39 is 0 Å². The summed E-state index contributed by atoms with van der Waals surface area (Å²) in [4.78, 5) is 0. The molecule has 0 saturated carbocycles. The number of hydrogen-bond donors (Lipinski definition) is 1. The molecule has 1 heterocycles. The van der Waals surface area contributed by atoms with Crippen LogP contribution in [0.4, 0.5) is 0 Å². The van der Waals surface area contributed by atoms with Crippen LogP contribution in [0.1, 0.15) is 24.2 Å². The molecule has 5 nitrogen and oxygen atoms in total. The molecule has 20 heavy (non-hydrogen) atoms. The van der Waals surface area contributed by atoms with Crippen LogP contribution in [0.5, 0.6) is 11.5 Å². The molecule has 1 aromatic heterocycles. The third-order valence-electron chi connectivity index (χ3n) is 3.19. The van der Waals surface area contributed by atoms with Gasteiger partial charge in [0.15, 0.2) is 0 Å². The summed E-state index contributed by atoms with van der Waals surface area (Å²) in [6, 6.07) is 7.78. The van der Waals surface area contributed by atoms with E-state index in [0.29, 0.717) is 0 Å². The number of aromatic nitrogens is 2. The molecule has 1 atom stereocenters. The molecule has 0 bridgehead atoms. The number of nitrogens with zero attached hydrogens (tertiary/aromatic N) is 2. The largest absolute Gasteiger partial charge is 0.497 e. The first kappa shape index (κ1) is 14.4. The first-order chi connectivity index (χ1) is 9.69. The van der Waals surface area contributed by atoms with Gasteiger partial charge in [-0.25, -0.2) is 0 Å². The highest BCUT2D eigenvalue weighted by Gasteiger charge is 2.20. The molecule has 1 unspecified atom stereocenters. The van der Waals surface area contributed by atoms with Crippen molar-refractivity contribution in [1.29, 1.82) is 0 Å². The maximum Gasteiger partial charge on any atom is 0.124 e. The van der Waals surface area contributed by atoms with E-state index in [1.165, 1.54) is 0 Å². The molecule has 5 heteroatoms. The molecule has 0 aliphatic heterocycles. The van der Waals surface area contributed by atoms with E-state index in [4.69, 9.17) is 9.47 Å². The van der Waals surface area contributed by atoms with E-state index >= 15 is 0 Å². The predicted octanol–water partition coefficient (Wildman–Crippen LogP) is 2.14. The number of nitrogens with one attached hydrogen (secondary N) is 1. The zero-order valence-corrected chi connectivity index (χ0v) is 12.4. The Morgan fingerprint density at radius 2 is 2.05 bits per heavy atom. The van der Waals surface area contributed by atoms with E-state index in [0.717, 1.165) is 29.3 Å². The topological polar surface area (TPSA) is 48.3 Å². The second kappa shape index (κ2) is 6.43. The lowest BCUT2D eigenvalue weighted by Crippen LogP contribution is -2.23. The number of methoxy groups -OCH3 is 2. The SMILES string of the molecule is CCNC(c1ccn(C)n1)c1cc(OC)ccc1OC. The Morgan fingerprint density at radius 1 is 1.25 bits per heavy atom. The Hall–Kier alpha value is -2.01. The van der Waals surface area contributed by atoms with Gasteiger partial charge in [0.05, 0.1) is 26.0 Å². The minimum atomic E-state index is -0.0220. The molecule has 2 aromatic rings. The summed E-state index contributed by atoms with van der Waals surface area (Å²) in [5.74, 6) is 1.63. The molecule has 0 spiro atoms. The van der Waals surface area contributed by atoms with E-state index in [2.05, 4.69) is 17.3 Å². The minimum absolute atomic E-state index is 0.0220. The van der Waals surface area contributed by atoms with Crippen molar-refractivity contribution in [3.05, 3.63) is 41.7 Å². The fourth-order valence-electron chi connectivity index (χ4n) is 2.23. The summed E-state index contributed by atoms with van der Waals surface area (Å²) in [5, 5.41) is 7.94. The average Bonchev–Trinajstić information content (AvgIpc) is 2.90. The molecule has 0 aliphatic rings. The molecule has 108 valence electrons. The number of hydrogen-bond acceptors (Lipinski definition) is 4. The quantitative estimate of drug-likeness (QED) is 0.877. The van der Waals surface area contributed by atoms with Crippen molar-refractivity contribution < 1.29 is 9.47 Å². The molecule has 2 rings (SSSR count). The summed E-state index contributed by atoms with van der Waals surface area (Å²) >= 11 is 0. The second-order valence-electron chi connectivity index (χ2n) is 4.51. The summed E-state index contributed by atoms with van der Waals surface area (Å²) < 4.78 is 12.6. The van der Waals surface area contributed by atoms with Crippen LogP contribution in [0.3, 0.4) is 0 Å². The van der Waals surface area contributed by atoms with Gasteiger partial charge >= 0.3 is 0 Å². The zero-order valence-electron chi connectivity index (χ0n) is 12.4. The van der Waals surface area contributed by atoms with Crippen LogP contribution in [0, 0.1) is 0 Å². The van der Waals surface area contributed by atoms with Crippen molar-refractivity contribution in [3.8, 4) is 11.5 Å². The van der Waals surface area contributed by atoms with Crippen LogP contribution in [-0.2, 0) is 7.05 Å². The number of ether oxygens (including phenoxy) is 2. The summed E-state index contributed by atoms with van der Waals surface area (Å²) in [6.45, 7) is 2.91. The normalized spacial score (nSPS) is 12.2. The van der Waals surface area contributed by atoms with Gasteiger partial charge in [-0.1, -0.05) is 6.92 Å². The number of aryl methyl sites for hydroxylation is 1. The highest BCUT2D eigenvalue weighted by atomic mass is 16.5. The highest BCUT2D eigenvalue weighted by molar-refractivity contribution is 5.45. The lowest BCUT2D eigenvalue weighted by Gasteiger charge is -2.19. The van der Waals surface area contributed by atoms with Gasteiger partial charge in [0.2, 0.25) is 0 Å². The van der Waals surface area contributed by atoms with Crippen molar-refractivity contribution in [3.63, 3.8) is 0 Å². The Balaban J connectivity index is 2.47. The van der Waals surface area contributed by atoms with Crippen LogP contribution in [0.2, 0.25) is 0 Å². The molecular formula is C15H21N3O2. The number of benzene rings is 1. The Labute approximate surface area is 119 Å². The lowest BCUT2D eigenvalue weighted by molar-refractivity contribution is 0.393. The Morgan fingerprint density at radius 3 is 2.60 bits per heavy atom. The van der Waals surface area contributed by atoms with Gasteiger partial charge in [-0.2, -0.15) is 5.10 Å². The maximum absolute atomic E-state index is 5.47. The van der Waals surface area contributed by atoms with E-state index in [-0.39, 0.29) is 6.04 Å². The Kier molecular flexibility index (Phi) is 4.63. The van der Waals surface area contributed by atoms with Crippen molar-refractivity contribution in [2.75, 3.05) is 20.8 Å². The standard InChI is InChI=1S/C15H21N3O2/c1-5-16-15(13-8-9-18(2)17-13)12-10-11(19-3)6-7-14(12)20-4/h6-10,15-16H,5H2,1-4H3.